The van der Waals surface area contributed by atoms with Gasteiger partial charge >= 0.3 is 0 Å². The Hall–Kier alpha value is -1.59. The van der Waals surface area contributed by atoms with Crippen LogP contribution in [-0.4, -0.2) is 52.6 Å². The van der Waals surface area contributed by atoms with Gasteiger partial charge in [0.05, 0.1) is 16.4 Å². The summed E-state index contributed by atoms with van der Waals surface area (Å²) in [6.45, 7) is 1.67. The Bertz CT molecular complexity index is 727. The second kappa shape index (κ2) is 5.25. The van der Waals surface area contributed by atoms with Crippen LogP contribution in [0.5, 0.6) is 0 Å². The lowest BCUT2D eigenvalue weighted by Crippen LogP contribution is -2.60. The molecule has 0 aliphatic carbocycles. The first-order valence-electron chi connectivity index (χ1n) is 7.50. The van der Waals surface area contributed by atoms with Crippen molar-refractivity contribution in [2.75, 3.05) is 26.0 Å². The second-order valence-electron chi connectivity index (χ2n) is 6.13. The zero-order valence-electron chi connectivity index (χ0n) is 12.5. The number of likely N-dealkylation sites (tertiary alicyclic amines) is 1. The fourth-order valence-electron chi connectivity index (χ4n) is 3.36. The van der Waals surface area contributed by atoms with Crippen molar-refractivity contribution < 1.29 is 9.53 Å². The maximum absolute atomic E-state index is 12.6. The highest BCUT2D eigenvalue weighted by Crippen LogP contribution is 2.46. The number of benzene rings is 1. The van der Waals surface area contributed by atoms with Crippen molar-refractivity contribution in [2.45, 2.75) is 17.3 Å². The van der Waals surface area contributed by atoms with Gasteiger partial charge in [-0.3, -0.25) is 9.78 Å². The minimum Gasteiger partial charge on any atom is -0.381 e. The van der Waals surface area contributed by atoms with Crippen molar-refractivity contribution in [3.63, 3.8) is 0 Å². The highest BCUT2D eigenvalue weighted by atomic mass is 32.2. The molecule has 22 heavy (non-hydrogen) atoms. The van der Waals surface area contributed by atoms with Crippen LogP contribution in [-0.2, 0) is 4.74 Å². The maximum Gasteiger partial charge on any atom is 0.253 e. The number of ether oxygens (including phenoxy) is 1. The first kappa shape index (κ1) is 14.0. The summed E-state index contributed by atoms with van der Waals surface area (Å²) in [7, 11) is 1.77. The van der Waals surface area contributed by atoms with Crippen molar-refractivity contribution in [2.24, 2.45) is 0 Å². The molecule has 2 fully saturated rings. The van der Waals surface area contributed by atoms with E-state index in [4.69, 9.17) is 4.74 Å². The molecule has 2 aromatic rings. The Balaban J connectivity index is 1.48. The van der Waals surface area contributed by atoms with Crippen LogP contribution in [0.4, 0.5) is 0 Å². The summed E-state index contributed by atoms with van der Waals surface area (Å²) >= 11 is 1.95. The smallest absolute Gasteiger partial charge is 0.253 e. The molecule has 4 nitrogen and oxygen atoms in total. The minimum atomic E-state index is 0.123. The fraction of sp³-hybridized carbons (Fsp3) is 0.412. The van der Waals surface area contributed by atoms with Crippen LogP contribution in [0, 0.1) is 0 Å². The summed E-state index contributed by atoms with van der Waals surface area (Å²) in [5, 5.41) is 1.01. The van der Waals surface area contributed by atoms with Gasteiger partial charge in [0.1, 0.15) is 0 Å². The molecule has 3 heterocycles. The number of rotatable bonds is 2. The first-order valence-corrected chi connectivity index (χ1v) is 8.48. The quantitative estimate of drug-likeness (QED) is 0.854. The van der Waals surface area contributed by atoms with Crippen LogP contribution in [0.3, 0.4) is 0 Å². The zero-order valence-corrected chi connectivity index (χ0v) is 13.3. The highest BCUT2D eigenvalue weighted by molar-refractivity contribution is 8.01. The van der Waals surface area contributed by atoms with E-state index in [1.807, 2.05) is 47.0 Å². The molecule has 1 spiro atoms. The van der Waals surface area contributed by atoms with Gasteiger partial charge in [0.2, 0.25) is 0 Å². The number of aromatic nitrogens is 1. The van der Waals surface area contributed by atoms with E-state index in [1.165, 1.54) is 0 Å². The molecule has 0 bridgehead atoms. The molecule has 2 aliphatic heterocycles. The van der Waals surface area contributed by atoms with Crippen LogP contribution in [0.15, 0.2) is 36.5 Å². The SMILES string of the molecule is CO[C@H]1CSC2(C1)CN(C(=O)c1ccc3ncccc3c1)C2. The van der Waals surface area contributed by atoms with Crippen LogP contribution < -0.4 is 0 Å². The topological polar surface area (TPSA) is 42.4 Å². The predicted octanol–water partition coefficient (Wildman–Crippen LogP) is 2.58. The summed E-state index contributed by atoms with van der Waals surface area (Å²) in [6, 6.07) is 9.63. The van der Waals surface area contributed by atoms with E-state index in [-0.39, 0.29) is 10.7 Å². The lowest BCUT2D eigenvalue weighted by molar-refractivity contribution is 0.0452. The number of nitrogens with zero attached hydrogens (tertiary/aromatic N) is 2. The van der Waals surface area contributed by atoms with Gasteiger partial charge in [0.25, 0.3) is 5.91 Å². The van der Waals surface area contributed by atoms with E-state index in [0.717, 1.165) is 41.7 Å². The van der Waals surface area contributed by atoms with Gasteiger partial charge < -0.3 is 9.64 Å². The molecule has 1 aromatic heterocycles. The molecule has 0 saturated carbocycles. The summed E-state index contributed by atoms with van der Waals surface area (Å²) in [5.74, 6) is 1.16. The number of pyridine rings is 1. The number of hydrogen-bond donors (Lipinski definition) is 0. The molecule has 2 aliphatic rings. The number of thioether (sulfide) groups is 1. The average Bonchev–Trinajstić information content (AvgIpc) is 2.97. The van der Waals surface area contributed by atoms with Crippen LogP contribution >= 0.6 is 11.8 Å². The van der Waals surface area contributed by atoms with Gasteiger partial charge in [-0.15, -0.1) is 11.8 Å². The van der Waals surface area contributed by atoms with Crippen molar-refractivity contribution in [1.82, 2.24) is 9.88 Å². The van der Waals surface area contributed by atoms with E-state index < -0.39 is 0 Å². The second-order valence-corrected chi connectivity index (χ2v) is 7.62. The first-order chi connectivity index (χ1) is 10.7. The summed E-state index contributed by atoms with van der Waals surface area (Å²) in [4.78, 5) is 18.9. The average molecular weight is 314 g/mol. The van der Waals surface area contributed by atoms with Crippen molar-refractivity contribution in [3.05, 3.63) is 42.1 Å². The standard InChI is InChI=1S/C17H18N2O2S/c1-21-14-8-17(22-9-14)10-19(11-17)16(20)13-4-5-15-12(7-13)3-2-6-18-15/h2-7,14H,8-11H2,1H3/t14-/m1/s1. The molecule has 0 unspecified atom stereocenters. The number of carbonyl (C=O) groups is 1. The number of methoxy groups -OCH3 is 1. The molecule has 114 valence electrons. The van der Waals surface area contributed by atoms with Crippen molar-refractivity contribution >= 4 is 28.6 Å². The molecule has 1 aromatic carbocycles. The number of amides is 1. The highest BCUT2D eigenvalue weighted by Gasteiger charge is 2.50. The third kappa shape index (κ3) is 2.29. The Morgan fingerprint density at radius 2 is 2.27 bits per heavy atom. The van der Waals surface area contributed by atoms with Gasteiger partial charge in [0, 0.05) is 43.1 Å². The largest absolute Gasteiger partial charge is 0.381 e. The number of fused-ring (bicyclic) bond motifs is 1. The summed E-state index contributed by atoms with van der Waals surface area (Å²) < 4.78 is 5.67. The van der Waals surface area contributed by atoms with Crippen LogP contribution in [0.2, 0.25) is 0 Å². The van der Waals surface area contributed by atoms with Gasteiger partial charge in [-0.05, 0) is 30.7 Å². The molecule has 1 amide bonds. The van der Waals surface area contributed by atoms with E-state index in [0.29, 0.717) is 6.10 Å². The van der Waals surface area contributed by atoms with Crippen molar-refractivity contribution in [1.29, 1.82) is 0 Å². The van der Waals surface area contributed by atoms with E-state index >= 15 is 0 Å². The number of carbonyl (C=O) groups excluding carboxylic acids is 1. The molecular weight excluding hydrogens is 296 g/mol. The van der Waals surface area contributed by atoms with Crippen LogP contribution in [0.25, 0.3) is 10.9 Å². The molecule has 4 rings (SSSR count). The molecule has 0 N–H and O–H groups in total. The Kier molecular flexibility index (Phi) is 3.35. The van der Waals surface area contributed by atoms with E-state index in [1.54, 1.807) is 13.3 Å². The van der Waals surface area contributed by atoms with E-state index in [2.05, 4.69) is 4.98 Å². The third-order valence-corrected chi connectivity index (χ3v) is 6.18. The van der Waals surface area contributed by atoms with Gasteiger partial charge in [-0.1, -0.05) is 6.07 Å². The Morgan fingerprint density at radius 1 is 1.41 bits per heavy atom. The lowest BCUT2D eigenvalue weighted by Gasteiger charge is -2.47. The molecule has 5 heteroatoms. The maximum atomic E-state index is 12.6. The fourth-order valence-corrected chi connectivity index (χ4v) is 4.95. The van der Waals surface area contributed by atoms with Gasteiger partial charge in [-0.2, -0.15) is 0 Å². The van der Waals surface area contributed by atoms with Gasteiger partial charge in [-0.25, -0.2) is 0 Å². The van der Waals surface area contributed by atoms with Gasteiger partial charge in [0.15, 0.2) is 0 Å². The molecule has 0 radical (unpaired) electrons. The summed E-state index contributed by atoms with van der Waals surface area (Å²) in [5.41, 5.74) is 1.68. The Morgan fingerprint density at radius 3 is 3.05 bits per heavy atom. The summed E-state index contributed by atoms with van der Waals surface area (Å²) in [6.07, 6.45) is 3.17. The monoisotopic (exact) mass is 314 g/mol. The predicted molar refractivity (Wildman–Crippen MR) is 88.2 cm³/mol. The minimum absolute atomic E-state index is 0.123. The van der Waals surface area contributed by atoms with Crippen molar-refractivity contribution in [3.8, 4) is 0 Å². The lowest BCUT2D eigenvalue weighted by atomic mass is 9.92. The Labute approximate surface area is 133 Å². The molecule has 2 saturated heterocycles. The zero-order chi connectivity index (χ0) is 15.2. The number of hydrogen-bond acceptors (Lipinski definition) is 4. The third-order valence-electron chi connectivity index (χ3n) is 4.60. The van der Waals surface area contributed by atoms with E-state index in [9.17, 15) is 4.79 Å². The molecular formula is C17H18N2O2S. The van der Waals surface area contributed by atoms with Crippen LogP contribution in [0.1, 0.15) is 16.8 Å². The molecule has 1 atom stereocenters. The normalized spacial score (nSPS) is 23.0.